The normalized spacial score (nSPS) is 36.5. The molecule has 5 aliphatic rings. The number of rotatable bonds is 5. The molecule has 226 valence electrons. The Morgan fingerprint density at radius 1 is 0.952 bits per heavy atom. The minimum Gasteiger partial charge on any atom is -0.502 e. The smallest absolute Gasteiger partial charge is 0.310 e. The Morgan fingerprint density at radius 3 is 2.33 bits per heavy atom. The van der Waals surface area contributed by atoms with Crippen LogP contribution >= 0.6 is 0 Å². The molecule has 13 nitrogen and oxygen atoms in total. The maximum absolute atomic E-state index is 13.4. The summed E-state index contributed by atoms with van der Waals surface area (Å²) in [6.45, 7) is 2.09. The molecule has 4 N–H and O–H groups in total. The van der Waals surface area contributed by atoms with E-state index in [9.17, 15) is 15.0 Å². The molecule has 0 aromatic heterocycles. The third-order valence-electron chi connectivity index (χ3n) is 8.83. The summed E-state index contributed by atoms with van der Waals surface area (Å²) in [6.07, 6.45) is -4.58. The van der Waals surface area contributed by atoms with E-state index in [1.807, 2.05) is 12.1 Å². The van der Waals surface area contributed by atoms with Crippen molar-refractivity contribution in [2.45, 2.75) is 55.9 Å². The number of cyclic esters (lactones) is 1. The Hall–Kier alpha value is -3.33. The van der Waals surface area contributed by atoms with Crippen molar-refractivity contribution >= 4 is 5.97 Å². The van der Waals surface area contributed by atoms with Gasteiger partial charge in [-0.2, -0.15) is 0 Å². The number of aliphatic hydroxyl groups excluding tert-OH is 1. The third kappa shape index (κ3) is 4.26. The van der Waals surface area contributed by atoms with Crippen LogP contribution in [0.25, 0.3) is 0 Å². The van der Waals surface area contributed by atoms with Gasteiger partial charge < -0.3 is 58.6 Å². The molecule has 0 bridgehead atoms. The Bertz CT molecular complexity index is 1360. The van der Waals surface area contributed by atoms with Crippen LogP contribution in [0.3, 0.4) is 0 Å². The topological polar surface area (TPSA) is 167 Å². The number of nitrogens with two attached hydrogens (primary N) is 1. The van der Waals surface area contributed by atoms with Crippen molar-refractivity contribution in [3.8, 4) is 28.7 Å². The molecule has 0 spiro atoms. The fourth-order valence-electron chi connectivity index (χ4n) is 6.78. The van der Waals surface area contributed by atoms with Gasteiger partial charge in [0.15, 0.2) is 35.6 Å². The standard InChI is InChI=1S/C29H33NO12/c1-11-36-9-20-27(40-11)25(32)23(30)29(41-20)42-26-14-7-17-16(38-10-39-17)6-13(14)21(22-15(26)8-37-28(22)33)12-4-18(34-2)24(31)19(5-12)35-3/h4-7,11,15,20-23,25-27,29,31-32H,8-10,30H2,1-3H3/t11?,15?,20?,21-,22+,23?,25?,26?,27?,29?/m1/s1. The zero-order valence-electron chi connectivity index (χ0n) is 23.3. The average Bonchev–Trinajstić information content (AvgIpc) is 3.61. The highest BCUT2D eigenvalue weighted by Crippen LogP contribution is 2.57. The number of ether oxygens (including phenoxy) is 9. The largest absolute Gasteiger partial charge is 0.502 e. The van der Waals surface area contributed by atoms with Gasteiger partial charge in [0.25, 0.3) is 0 Å². The van der Waals surface area contributed by atoms with Crippen molar-refractivity contribution in [1.29, 1.82) is 0 Å². The van der Waals surface area contributed by atoms with Gasteiger partial charge in [-0.25, -0.2) is 0 Å². The van der Waals surface area contributed by atoms with E-state index in [1.54, 1.807) is 19.1 Å². The lowest BCUT2D eigenvalue weighted by molar-refractivity contribution is -0.343. The van der Waals surface area contributed by atoms with Crippen molar-refractivity contribution in [2.75, 3.05) is 34.2 Å². The third-order valence-corrected chi connectivity index (χ3v) is 8.83. The number of benzene rings is 2. The fraction of sp³-hybridized carbons (Fsp3) is 0.552. The minimum absolute atomic E-state index is 0.0501. The van der Waals surface area contributed by atoms with Gasteiger partial charge in [0.2, 0.25) is 12.5 Å². The highest BCUT2D eigenvalue weighted by Gasteiger charge is 2.55. The van der Waals surface area contributed by atoms with Crippen LogP contribution in [0.5, 0.6) is 28.7 Å². The van der Waals surface area contributed by atoms with E-state index in [-0.39, 0.29) is 37.3 Å². The van der Waals surface area contributed by atoms with Crippen LogP contribution in [0.1, 0.15) is 35.6 Å². The summed E-state index contributed by atoms with van der Waals surface area (Å²) in [4.78, 5) is 13.4. The lowest BCUT2D eigenvalue weighted by Crippen LogP contribution is -2.65. The van der Waals surface area contributed by atoms with E-state index in [0.29, 0.717) is 17.1 Å². The maximum Gasteiger partial charge on any atom is 0.310 e. The summed E-state index contributed by atoms with van der Waals surface area (Å²) in [5.41, 5.74) is 8.58. The van der Waals surface area contributed by atoms with Crippen molar-refractivity contribution in [3.63, 3.8) is 0 Å². The van der Waals surface area contributed by atoms with Crippen LogP contribution < -0.4 is 24.7 Å². The number of carbonyl (C=O) groups excluding carboxylic acids is 1. The Kier molecular flexibility index (Phi) is 6.83. The maximum atomic E-state index is 13.4. The van der Waals surface area contributed by atoms with Crippen molar-refractivity contribution < 1.29 is 57.6 Å². The molecular formula is C29H33NO12. The van der Waals surface area contributed by atoms with Crippen LogP contribution in [0, 0.1) is 11.8 Å². The summed E-state index contributed by atoms with van der Waals surface area (Å²) in [6, 6.07) is 6.10. The summed E-state index contributed by atoms with van der Waals surface area (Å²) >= 11 is 0. The molecular weight excluding hydrogens is 554 g/mol. The van der Waals surface area contributed by atoms with Gasteiger partial charge in [-0.05, 0) is 47.9 Å². The lowest BCUT2D eigenvalue weighted by atomic mass is 9.66. The van der Waals surface area contributed by atoms with Gasteiger partial charge in [-0.1, -0.05) is 0 Å². The molecule has 4 aliphatic heterocycles. The average molecular weight is 588 g/mol. The van der Waals surface area contributed by atoms with Gasteiger partial charge in [-0.3, -0.25) is 4.79 Å². The first-order valence-corrected chi connectivity index (χ1v) is 13.9. The van der Waals surface area contributed by atoms with E-state index >= 15 is 0 Å². The number of hydrogen-bond acceptors (Lipinski definition) is 13. The molecule has 10 atom stereocenters. The van der Waals surface area contributed by atoms with Gasteiger partial charge >= 0.3 is 5.97 Å². The summed E-state index contributed by atoms with van der Waals surface area (Å²) in [5.74, 6) is -0.763. The highest BCUT2D eigenvalue weighted by atomic mass is 16.7. The van der Waals surface area contributed by atoms with Crippen LogP contribution in [0.4, 0.5) is 0 Å². The Morgan fingerprint density at radius 2 is 1.64 bits per heavy atom. The molecule has 7 rings (SSSR count). The first-order valence-electron chi connectivity index (χ1n) is 13.9. The number of aliphatic hydroxyl groups is 1. The van der Waals surface area contributed by atoms with Crippen LogP contribution in [-0.4, -0.2) is 87.3 Å². The van der Waals surface area contributed by atoms with Crippen molar-refractivity contribution in [2.24, 2.45) is 17.6 Å². The number of phenolic OH excluding ortho intramolecular Hbond substituents is 1. The molecule has 0 amide bonds. The lowest BCUT2D eigenvalue weighted by Gasteiger charge is -2.48. The van der Waals surface area contributed by atoms with Gasteiger partial charge in [-0.15, -0.1) is 0 Å². The Balaban J connectivity index is 1.32. The van der Waals surface area contributed by atoms with E-state index in [4.69, 9.17) is 48.4 Å². The predicted octanol–water partition coefficient (Wildman–Crippen LogP) is 1.30. The van der Waals surface area contributed by atoms with E-state index in [2.05, 4.69) is 0 Å². The predicted molar refractivity (Wildman–Crippen MR) is 140 cm³/mol. The van der Waals surface area contributed by atoms with Crippen LogP contribution in [0.2, 0.25) is 0 Å². The molecule has 4 heterocycles. The minimum atomic E-state index is -1.07. The molecule has 2 aromatic rings. The van der Waals surface area contributed by atoms with E-state index < -0.39 is 66.8 Å². The Labute approximate surface area is 241 Å². The fourth-order valence-corrected chi connectivity index (χ4v) is 6.78. The molecule has 13 heteroatoms. The zero-order valence-corrected chi connectivity index (χ0v) is 23.3. The number of hydrogen-bond donors (Lipinski definition) is 3. The number of carbonyl (C=O) groups is 1. The monoisotopic (exact) mass is 587 g/mol. The molecule has 42 heavy (non-hydrogen) atoms. The number of aromatic hydroxyl groups is 1. The van der Waals surface area contributed by atoms with Gasteiger partial charge in [0, 0.05) is 11.8 Å². The number of phenols is 1. The molecule has 0 radical (unpaired) electrons. The van der Waals surface area contributed by atoms with Gasteiger partial charge in [0.1, 0.15) is 18.3 Å². The molecule has 3 saturated heterocycles. The van der Waals surface area contributed by atoms with E-state index in [1.165, 1.54) is 14.2 Å². The van der Waals surface area contributed by atoms with Crippen LogP contribution in [-0.2, 0) is 28.5 Å². The molecule has 1 aliphatic carbocycles. The number of fused-ring (bicyclic) bond motifs is 4. The molecule has 8 unspecified atom stereocenters. The quantitative estimate of drug-likeness (QED) is 0.429. The first kappa shape index (κ1) is 27.5. The zero-order chi connectivity index (χ0) is 29.3. The molecule has 2 aromatic carbocycles. The summed E-state index contributed by atoms with van der Waals surface area (Å²) in [7, 11) is 2.88. The van der Waals surface area contributed by atoms with Crippen LogP contribution in [0.15, 0.2) is 24.3 Å². The second-order valence-electron chi connectivity index (χ2n) is 11.1. The van der Waals surface area contributed by atoms with Crippen molar-refractivity contribution in [3.05, 3.63) is 41.0 Å². The summed E-state index contributed by atoms with van der Waals surface area (Å²) < 4.78 is 52.0. The number of methoxy groups -OCH3 is 2. The van der Waals surface area contributed by atoms with Crippen molar-refractivity contribution in [1.82, 2.24) is 0 Å². The second-order valence-corrected chi connectivity index (χ2v) is 11.1. The number of esters is 1. The molecule has 0 saturated carbocycles. The second kappa shape index (κ2) is 10.4. The summed E-state index contributed by atoms with van der Waals surface area (Å²) in [5, 5.41) is 21.6. The SMILES string of the molecule is COc1cc([C@@H]2c3cc4c(cc3C(OC3OC5COC(C)OC5C(O)C3N)C3COC(=O)[C@@H]32)OCO4)cc(OC)c1O. The van der Waals surface area contributed by atoms with Gasteiger partial charge in [0.05, 0.1) is 45.5 Å². The highest BCUT2D eigenvalue weighted by molar-refractivity contribution is 5.79. The van der Waals surface area contributed by atoms with E-state index in [0.717, 1.165) is 11.1 Å². The first-order chi connectivity index (χ1) is 20.3. The molecule has 3 fully saturated rings.